The number of hydrogen-bond donors (Lipinski definition) is 2. The van der Waals surface area contributed by atoms with Crippen LogP contribution in [0.2, 0.25) is 0 Å². The van der Waals surface area contributed by atoms with Gasteiger partial charge in [0.05, 0.1) is 12.0 Å². The molecule has 6 heteroatoms. The van der Waals surface area contributed by atoms with E-state index in [1.807, 2.05) is 35.2 Å². The number of rotatable bonds is 6. The van der Waals surface area contributed by atoms with Gasteiger partial charge in [-0.1, -0.05) is 30.3 Å². The van der Waals surface area contributed by atoms with Crippen LogP contribution in [0, 0.1) is 11.8 Å². The zero-order valence-corrected chi connectivity index (χ0v) is 14.9. The number of carbonyl (C=O) groups excluding carboxylic acids is 2. The lowest BCUT2D eigenvalue weighted by atomic mass is 9.81. The van der Waals surface area contributed by atoms with Crippen molar-refractivity contribution in [3.05, 3.63) is 35.9 Å². The van der Waals surface area contributed by atoms with Gasteiger partial charge in [-0.2, -0.15) is 0 Å². The van der Waals surface area contributed by atoms with Crippen LogP contribution in [0.25, 0.3) is 0 Å². The van der Waals surface area contributed by atoms with E-state index in [9.17, 15) is 14.4 Å². The van der Waals surface area contributed by atoms with Crippen LogP contribution in [0.1, 0.15) is 50.1 Å². The molecule has 1 saturated carbocycles. The third-order valence-electron chi connectivity index (χ3n) is 5.54. The van der Waals surface area contributed by atoms with Crippen LogP contribution in [-0.2, 0) is 14.4 Å². The Kier molecular flexibility index (Phi) is 5.91. The standard InChI is InChI=1S/C20H26N2O4/c23-18-7-4-12-22(18)13-17(14-5-2-1-3-6-14)21-19(24)15-8-10-16(11-9-15)20(25)26/h1-3,5-6,15-17H,4,7-13H2,(H,21,24)(H,25,26)/t15?,16?,17-/m1/s1. The van der Waals surface area contributed by atoms with Gasteiger partial charge in [0, 0.05) is 25.4 Å². The zero-order chi connectivity index (χ0) is 18.5. The van der Waals surface area contributed by atoms with E-state index in [0.29, 0.717) is 38.6 Å². The van der Waals surface area contributed by atoms with Crippen molar-refractivity contribution in [2.24, 2.45) is 11.8 Å². The van der Waals surface area contributed by atoms with Gasteiger partial charge in [-0.3, -0.25) is 14.4 Å². The molecule has 1 aromatic rings. The Balaban J connectivity index is 1.64. The largest absolute Gasteiger partial charge is 0.481 e. The summed E-state index contributed by atoms with van der Waals surface area (Å²) >= 11 is 0. The van der Waals surface area contributed by atoms with E-state index in [1.54, 1.807) is 0 Å². The van der Waals surface area contributed by atoms with Crippen LogP contribution in [0.3, 0.4) is 0 Å². The van der Waals surface area contributed by atoms with E-state index in [-0.39, 0.29) is 29.7 Å². The molecular weight excluding hydrogens is 332 g/mol. The summed E-state index contributed by atoms with van der Waals surface area (Å²) in [7, 11) is 0. The predicted octanol–water partition coefficient (Wildman–Crippen LogP) is 2.36. The lowest BCUT2D eigenvalue weighted by Crippen LogP contribution is -2.42. The van der Waals surface area contributed by atoms with Crippen LogP contribution >= 0.6 is 0 Å². The average Bonchev–Trinajstić information content (AvgIpc) is 3.06. The Hall–Kier alpha value is -2.37. The third-order valence-corrected chi connectivity index (χ3v) is 5.54. The minimum Gasteiger partial charge on any atom is -0.481 e. The molecule has 2 N–H and O–H groups in total. The van der Waals surface area contributed by atoms with E-state index in [4.69, 9.17) is 5.11 Å². The van der Waals surface area contributed by atoms with Gasteiger partial charge in [0.25, 0.3) is 0 Å². The van der Waals surface area contributed by atoms with Crippen molar-refractivity contribution in [1.82, 2.24) is 10.2 Å². The molecule has 0 bridgehead atoms. The average molecular weight is 358 g/mol. The Morgan fingerprint density at radius 2 is 1.77 bits per heavy atom. The molecule has 140 valence electrons. The van der Waals surface area contributed by atoms with Crippen LogP contribution < -0.4 is 5.32 Å². The van der Waals surface area contributed by atoms with E-state index in [2.05, 4.69) is 5.32 Å². The van der Waals surface area contributed by atoms with Gasteiger partial charge in [0.15, 0.2) is 0 Å². The number of nitrogens with zero attached hydrogens (tertiary/aromatic N) is 1. The smallest absolute Gasteiger partial charge is 0.306 e. The summed E-state index contributed by atoms with van der Waals surface area (Å²) in [6, 6.07) is 9.48. The van der Waals surface area contributed by atoms with E-state index < -0.39 is 5.97 Å². The fourth-order valence-corrected chi connectivity index (χ4v) is 3.93. The van der Waals surface area contributed by atoms with Crippen molar-refractivity contribution in [2.45, 2.75) is 44.6 Å². The molecule has 0 unspecified atom stereocenters. The topological polar surface area (TPSA) is 86.7 Å². The SMILES string of the molecule is O=C(O)C1CCC(C(=O)N[C@H](CN2CCCC2=O)c2ccccc2)CC1. The molecule has 26 heavy (non-hydrogen) atoms. The number of aliphatic carboxylic acids is 1. The maximum atomic E-state index is 12.8. The molecule has 2 amide bonds. The molecule has 0 radical (unpaired) electrons. The second-order valence-corrected chi connectivity index (χ2v) is 7.30. The van der Waals surface area contributed by atoms with Gasteiger partial charge in [-0.15, -0.1) is 0 Å². The lowest BCUT2D eigenvalue weighted by molar-refractivity contribution is -0.144. The number of hydrogen-bond acceptors (Lipinski definition) is 3. The van der Waals surface area contributed by atoms with Crippen LogP contribution in [0.15, 0.2) is 30.3 Å². The van der Waals surface area contributed by atoms with Gasteiger partial charge in [-0.05, 0) is 37.7 Å². The van der Waals surface area contributed by atoms with Crippen LogP contribution in [0.4, 0.5) is 0 Å². The number of benzene rings is 1. The number of nitrogens with one attached hydrogen (secondary N) is 1. The molecule has 1 aliphatic carbocycles. The minimum absolute atomic E-state index is 0.0330. The second kappa shape index (κ2) is 8.34. The molecule has 2 fully saturated rings. The molecule has 1 aliphatic heterocycles. The summed E-state index contributed by atoms with van der Waals surface area (Å²) in [5.74, 6) is -1.13. The summed E-state index contributed by atoms with van der Waals surface area (Å²) < 4.78 is 0. The number of carboxylic acid groups (broad SMARTS) is 1. The molecule has 3 rings (SSSR count). The zero-order valence-electron chi connectivity index (χ0n) is 14.9. The molecule has 1 atom stereocenters. The highest BCUT2D eigenvalue weighted by molar-refractivity contribution is 5.80. The molecule has 0 spiro atoms. The highest BCUT2D eigenvalue weighted by Crippen LogP contribution is 2.30. The summed E-state index contributed by atoms with van der Waals surface area (Å²) in [4.78, 5) is 37.6. The number of carbonyl (C=O) groups is 3. The monoisotopic (exact) mass is 358 g/mol. The summed E-state index contributed by atoms with van der Waals surface area (Å²) in [6.07, 6.45) is 3.75. The highest BCUT2D eigenvalue weighted by Gasteiger charge is 2.32. The molecule has 1 aromatic carbocycles. The minimum atomic E-state index is -0.765. The first kappa shape index (κ1) is 18.4. The van der Waals surface area contributed by atoms with Crippen molar-refractivity contribution in [1.29, 1.82) is 0 Å². The Bertz CT molecular complexity index is 653. The van der Waals surface area contributed by atoms with Gasteiger partial charge in [0.1, 0.15) is 0 Å². The highest BCUT2D eigenvalue weighted by atomic mass is 16.4. The quantitative estimate of drug-likeness (QED) is 0.817. The number of amides is 2. The van der Waals surface area contributed by atoms with Crippen molar-refractivity contribution >= 4 is 17.8 Å². The van der Waals surface area contributed by atoms with Crippen molar-refractivity contribution < 1.29 is 19.5 Å². The van der Waals surface area contributed by atoms with Gasteiger partial charge >= 0.3 is 5.97 Å². The molecule has 1 saturated heterocycles. The summed E-state index contributed by atoms with van der Waals surface area (Å²) in [6.45, 7) is 1.22. The molecule has 1 heterocycles. The summed E-state index contributed by atoms with van der Waals surface area (Å²) in [5, 5.41) is 12.2. The summed E-state index contributed by atoms with van der Waals surface area (Å²) in [5.41, 5.74) is 0.986. The first-order valence-corrected chi connectivity index (χ1v) is 9.40. The van der Waals surface area contributed by atoms with Crippen LogP contribution in [-0.4, -0.2) is 40.9 Å². The van der Waals surface area contributed by atoms with E-state index in [0.717, 1.165) is 18.5 Å². The van der Waals surface area contributed by atoms with E-state index >= 15 is 0 Å². The van der Waals surface area contributed by atoms with E-state index in [1.165, 1.54) is 0 Å². The number of carboxylic acids is 1. The lowest BCUT2D eigenvalue weighted by Gasteiger charge is -2.29. The normalized spacial score (nSPS) is 24.3. The maximum Gasteiger partial charge on any atom is 0.306 e. The maximum absolute atomic E-state index is 12.8. The Labute approximate surface area is 153 Å². The van der Waals surface area contributed by atoms with Gasteiger partial charge in [-0.25, -0.2) is 0 Å². The predicted molar refractivity (Wildman–Crippen MR) is 96.2 cm³/mol. The van der Waals surface area contributed by atoms with Crippen molar-refractivity contribution in [3.8, 4) is 0 Å². The third kappa shape index (κ3) is 4.42. The Morgan fingerprint density at radius 1 is 1.12 bits per heavy atom. The Morgan fingerprint density at radius 3 is 2.35 bits per heavy atom. The van der Waals surface area contributed by atoms with Crippen molar-refractivity contribution in [3.63, 3.8) is 0 Å². The molecule has 6 nitrogen and oxygen atoms in total. The van der Waals surface area contributed by atoms with Gasteiger partial charge < -0.3 is 15.3 Å². The van der Waals surface area contributed by atoms with Crippen molar-refractivity contribution in [2.75, 3.05) is 13.1 Å². The molecular formula is C20H26N2O4. The second-order valence-electron chi connectivity index (χ2n) is 7.30. The first-order chi connectivity index (χ1) is 12.5. The van der Waals surface area contributed by atoms with Crippen LogP contribution in [0.5, 0.6) is 0 Å². The first-order valence-electron chi connectivity index (χ1n) is 9.40. The number of likely N-dealkylation sites (tertiary alicyclic amines) is 1. The fourth-order valence-electron chi connectivity index (χ4n) is 3.93. The van der Waals surface area contributed by atoms with Gasteiger partial charge in [0.2, 0.25) is 11.8 Å². The fraction of sp³-hybridized carbons (Fsp3) is 0.550. The molecule has 2 aliphatic rings. The molecule has 0 aromatic heterocycles.